The van der Waals surface area contributed by atoms with Gasteiger partial charge in [-0.05, 0) is 38.0 Å². The lowest BCUT2D eigenvalue weighted by Gasteiger charge is -2.19. The van der Waals surface area contributed by atoms with Crippen molar-refractivity contribution in [2.45, 2.75) is 27.2 Å². The average molecular weight is 414 g/mol. The largest absolute Gasteiger partial charge is 0.482 e. The van der Waals surface area contributed by atoms with Gasteiger partial charge < -0.3 is 14.1 Å². The summed E-state index contributed by atoms with van der Waals surface area (Å²) in [5.41, 5.74) is 2.46. The highest BCUT2D eigenvalue weighted by Crippen LogP contribution is 2.32. The summed E-state index contributed by atoms with van der Waals surface area (Å²) in [6.45, 7) is 6.81. The maximum absolute atomic E-state index is 12.6. The maximum Gasteiger partial charge on any atom is 0.340 e. The van der Waals surface area contributed by atoms with Crippen molar-refractivity contribution in [3.63, 3.8) is 0 Å². The Morgan fingerprint density at radius 1 is 1.14 bits per heavy atom. The van der Waals surface area contributed by atoms with Crippen molar-refractivity contribution in [3.8, 4) is 5.75 Å². The number of aryl methyl sites for hydroxylation is 1. The van der Waals surface area contributed by atoms with E-state index in [2.05, 4.69) is 0 Å². The zero-order valence-electron chi connectivity index (χ0n) is 16.8. The van der Waals surface area contributed by atoms with E-state index in [9.17, 15) is 9.59 Å². The van der Waals surface area contributed by atoms with Gasteiger partial charge in [0.25, 0.3) is 5.91 Å². The lowest BCUT2D eigenvalue weighted by Crippen LogP contribution is -2.34. The van der Waals surface area contributed by atoms with Gasteiger partial charge in [-0.3, -0.25) is 4.79 Å². The van der Waals surface area contributed by atoms with Crippen LogP contribution in [0.1, 0.15) is 30.5 Å². The molecule has 0 aliphatic rings. The van der Waals surface area contributed by atoms with Gasteiger partial charge in [0.05, 0.1) is 5.02 Å². The third-order valence-corrected chi connectivity index (χ3v) is 5.33. The summed E-state index contributed by atoms with van der Waals surface area (Å²) in [4.78, 5) is 26.4. The lowest BCUT2D eigenvalue weighted by molar-refractivity contribution is -0.132. The van der Waals surface area contributed by atoms with E-state index in [1.807, 2.05) is 51.1 Å². The highest BCUT2D eigenvalue weighted by molar-refractivity contribution is 6.32. The monoisotopic (exact) mass is 413 g/mol. The first kappa shape index (κ1) is 20.9. The van der Waals surface area contributed by atoms with Gasteiger partial charge in [-0.2, -0.15) is 0 Å². The van der Waals surface area contributed by atoms with Crippen LogP contribution in [-0.4, -0.2) is 30.5 Å². The van der Waals surface area contributed by atoms with Crippen LogP contribution in [0.4, 0.5) is 0 Å². The Hall–Kier alpha value is -2.79. The minimum atomic E-state index is -0.383. The minimum absolute atomic E-state index is 0.123. The number of benzene rings is 2. The quantitative estimate of drug-likeness (QED) is 0.531. The molecule has 2 aromatic carbocycles. The molecule has 0 spiro atoms. The second-order valence-electron chi connectivity index (χ2n) is 6.79. The lowest BCUT2D eigenvalue weighted by atomic mass is 9.99. The number of carbonyl (C=O) groups excluding carboxylic acids is 1. The smallest absolute Gasteiger partial charge is 0.340 e. The summed E-state index contributed by atoms with van der Waals surface area (Å²) in [7, 11) is 0. The molecule has 0 saturated carbocycles. The zero-order valence-corrected chi connectivity index (χ0v) is 17.6. The summed E-state index contributed by atoms with van der Waals surface area (Å²) in [6, 6.07) is 13.1. The molecule has 0 unspecified atom stereocenters. The molecule has 5 nitrogen and oxygen atoms in total. The van der Waals surface area contributed by atoms with Crippen LogP contribution in [0.5, 0.6) is 5.75 Å². The summed E-state index contributed by atoms with van der Waals surface area (Å²) < 4.78 is 11.2. The Kier molecular flexibility index (Phi) is 6.60. The van der Waals surface area contributed by atoms with Gasteiger partial charge in [-0.15, -0.1) is 0 Å². The topological polar surface area (TPSA) is 59.8 Å². The number of nitrogens with zero attached hydrogens (tertiary/aromatic N) is 1. The Labute approximate surface area is 174 Å². The Morgan fingerprint density at radius 2 is 1.83 bits per heavy atom. The van der Waals surface area contributed by atoms with Crippen LogP contribution >= 0.6 is 11.6 Å². The molecule has 0 aliphatic carbocycles. The fraction of sp³-hybridized carbons (Fsp3) is 0.304. The van der Waals surface area contributed by atoms with Crippen molar-refractivity contribution >= 4 is 28.5 Å². The zero-order chi connectivity index (χ0) is 21.0. The molecule has 29 heavy (non-hydrogen) atoms. The number of hydrogen-bond donors (Lipinski definition) is 0. The van der Waals surface area contributed by atoms with Crippen LogP contribution < -0.4 is 10.4 Å². The fourth-order valence-electron chi connectivity index (χ4n) is 3.31. The molecule has 0 fully saturated rings. The number of halogens is 1. The molecule has 152 valence electrons. The molecule has 0 radical (unpaired) electrons. The van der Waals surface area contributed by atoms with Gasteiger partial charge in [0, 0.05) is 36.5 Å². The van der Waals surface area contributed by atoms with Crippen molar-refractivity contribution in [1.82, 2.24) is 4.90 Å². The highest BCUT2D eigenvalue weighted by Gasteiger charge is 2.16. The molecular formula is C23H24ClNO4. The molecule has 0 aliphatic heterocycles. The standard InChI is InChI=1S/C23H24ClNO4/c1-4-25(5-2)22(26)14-28-21-13-20-17(12-19(21)24)15(3)18(23(27)29-20)11-16-9-7-6-8-10-16/h6-10,12-13H,4-5,11,14H2,1-3H3. The highest BCUT2D eigenvalue weighted by atomic mass is 35.5. The summed E-state index contributed by atoms with van der Waals surface area (Å²) in [6.07, 6.45) is 0.485. The van der Waals surface area contributed by atoms with Crippen LogP contribution in [-0.2, 0) is 11.2 Å². The van der Waals surface area contributed by atoms with Crippen LogP contribution in [0, 0.1) is 6.92 Å². The molecule has 0 N–H and O–H groups in total. The summed E-state index contributed by atoms with van der Waals surface area (Å²) >= 11 is 6.39. The van der Waals surface area contributed by atoms with Gasteiger partial charge in [-0.1, -0.05) is 41.9 Å². The van der Waals surface area contributed by atoms with Crippen molar-refractivity contribution in [2.75, 3.05) is 19.7 Å². The molecule has 0 saturated heterocycles. The van der Waals surface area contributed by atoms with Crippen molar-refractivity contribution in [1.29, 1.82) is 0 Å². The van der Waals surface area contributed by atoms with Gasteiger partial charge in [0.2, 0.25) is 0 Å². The molecule has 3 aromatic rings. The second kappa shape index (κ2) is 9.14. The first-order valence-corrected chi connectivity index (χ1v) is 10.0. The molecular weight excluding hydrogens is 390 g/mol. The molecule has 1 aromatic heterocycles. The van der Waals surface area contributed by atoms with E-state index < -0.39 is 0 Å². The second-order valence-corrected chi connectivity index (χ2v) is 7.20. The number of amides is 1. The molecule has 1 heterocycles. The van der Waals surface area contributed by atoms with E-state index in [0.29, 0.717) is 41.4 Å². The minimum Gasteiger partial charge on any atom is -0.482 e. The van der Waals surface area contributed by atoms with Crippen LogP contribution in [0.3, 0.4) is 0 Å². The van der Waals surface area contributed by atoms with E-state index in [0.717, 1.165) is 16.5 Å². The SMILES string of the molecule is CCN(CC)C(=O)COc1cc2oc(=O)c(Cc3ccccc3)c(C)c2cc1Cl. The molecule has 0 atom stereocenters. The number of ether oxygens (including phenoxy) is 1. The predicted molar refractivity (Wildman–Crippen MR) is 115 cm³/mol. The van der Waals surface area contributed by atoms with Crippen LogP contribution in [0.15, 0.2) is 51.7 Å². The van der Waals surface area contributed by atoms with Crippen molar-refractivity contribution in [2.24, 2.45) is 0 Å². The van der Waals surface area contributed by atoms with Crippen LogP contribution in [0.25, 0.3) is 11.0 Å². The van der Waals surface area contributed by atoms with Gasteiger partial charge in [0.15, 0.2) is 6.61 Å². The predicted octanol–water partition coefficient (Wildman–Crippen LogP) is 4.59. The van der Waals surface area contributed by atoms with Crippen molar-refractivity contribution in [3.05, 3.63) is 74.6 Å². The maximum atomic E-state index is 12.6. The molecule has 0 bridgehead atoms. The number of likely N-dealkylation sites (N-methyl/N-ethyl adjacent to an activating group) is 1. The van der Waals surface area contributed by atoms with Gasteiger partial charge in [-0.25, -0.2) is 4.79 Å². The third kappa shape index (κ3) is 4.62. The van der Waals surface area contributed by atoms with Gasteiger partial charge >= 0.3 is 5.63 Å². The van der Waals surface area contributed by atoms with E-state index in [-0.39, 0.29) is 18.1 Å². The number of hydrogen-bond acceptors (Lipinski definition) is 4. The molecule has 1 amide bonds. The Bertz CT molecular complexity index is 1070. The van der Waals surface area contributed by atoms with Gasteiger partial charge in [0.1, 0.15) is 11.3 Å². The van der Waals surface area contributed by atoms with E-state index in [1.54, 1.807) is 17.0 Å². The van der Waals surface area contributed by atoms with Crippen LogP contribution in [0.2, 0.25) is 5.02 Å². The Morgan fingerprint density at radius 3 is 2.48 bits per heavy atom. The third-order valence-electron chi connectivity index (χ3n) is 5.03. The summed E-state index contributed by atoms with van der Waals surface area (Å²) in [5, 5.41) is 1.12. The summed E-state index contributed by atoms with van der Waals surface area (Å²) in [5.74, 6) is 0.194. The fourth-order valence-corrected chi connectivity index (χ4v) is 3.53. The first-order valence-electron chi connectivity index (χ1n) is 9.64. The number of carbonyl (C=O) groups is 1. The van der Waals surface area contributed by atoms with Crippen molar-refractivity contribution < 1.29 is 13.9 Å². The van der Waals surface area contributed by atoms with E-state index in [4.69, 9.17) is 20.8 Å². The Balaban J connectivity index is 1.91. The van der Waals surface area contributed by atoms with E-state index >= 15 is 0 Å². The average Bonchev–Trinajstić information content (AvgIpc) is 2.72. The first-order chi connectivity index (χ1) is 13.9. The number of fused-ring (bicyclic) bond motifs is 1. The van der Waals surface area contributed by atoms with E-state index in [1.165, 1.54) is 0 Å². The molecule has 6 heteroatoms. The number of rotatable bonds is 7. The normalized spacial score (nSPS) is 10.9. The molecule has 3 rings (SSSR count).